The molecule has 2 rings (SSSR count). The third-order valence-corrected chi connectivity index (χ3v) is 3.80. The van der Waals surface area contributed by atoms with E-state index in [9.17, 15) is 9.18 Å². The number of hydrogen-bond acceptors (Lipinski definition) is 3. The molecule has 21 heavy (non-hydrogen) atoms. The molecule has 1 aromatic carbocycles. The summed E-state index contributed by atoms with van der Waals surface area (Å²) in [5.41, 5.74) is 1.66. The highest BCUT2D eigenvalue weighted by atomic mass is 32.1. The van der Waals surface area contributed by atoms with E-state index in [0.717, 1.165) is 10.4 Å². The van der Waals surface area contributed by atoms with Crippen LogP contribution in [0.15, 0.2) is 29.6 Å². The van der Waals surface area contributed by atoms with Gasteiger partial charge in [0.15, 0.2) is 0 Å². The van der Waals surface area contributed by atoms with Gasteiger partial charge < -0.3 is 10.4 Å². The molecule has 0 aliphatic rings. The SMILES string of the molecule is Cc1cc(C(=O)NCc2sccc2C#CCO)ccc1F. The maximum atomic E-state index is 13.2. The van der Waals surface area contributed by atoms with Crippen molar-refractivity contribution in [2.24, 2.45) is 0 Å². The van der Waals surface area contributed by atoms with Gasteiger partial charge in [-0.25, -0.2) is 4.39 Å². The van der Waals surface area contributed by atoms with E-state index in [1.165, 1.54) is 29.5 Å². The van der Waals surface area contributed by atoms with Crippen molar-refractivity contribution in [1.29, 1.82) is 0 Å². The second-order valence-corrected chi connectivity index (χ2v) is 5.36. The largest absolute Gasteiger partial charge is 0.384 e. The quantitative estimate of drug-likeness (QED) is 0.856. The van der Waals surface area contributed by atoms with Crippen molar-refractivity contribution in [3.05, 3.63) is 57.0 Å². The standard InChI is InChI=1S/C16H14FNO2S/c1-11-9-13(4-5-14(11)17)16(20)18-10-15-12(3-2-7-19)6-8-21-15/h4-6,8-9,19H,7,10H2,1H3,(H,18,20). The fourth-order valence-electron chi connectivity index (χ4n) is 1.77. The number of halogens is 1. The van der Waals surface area contributed by atoms with Crippen molar-refractivity contribution in [2.75, 3.05) is 6.61 Å². The second kappa shape index (κ2) is 7.02. The van der Waals surface area contributed by atoms with E-state index in [1.807, 2.05) is 11.4 Å². The summed E-state index contributed by atoms with van der Waals surface area (Å²) in [7, 11) is 0. The number of amides is 1. The lowest BCUT2D eigenvalue weighted by molar-refractivity contribution is 0.0951. The zero-order chi connectivity index (χ0) is 15.2. The number of benzene rings is 1. The number of carbonyl (C=O) groups excluding carboxylic acids is 1. The van der Waals surface area contributed by atoms with Crippen LogP contribution in [-0.2, 0) is 6.54 Å². The van der Waals surface area contributed by atoms with E-state index >= 15 is 0 Å². The Morgan fingerprint density at radius 3 is 2.95 bits per heavy atom. The molecule has 1 heterocycles. The number of carbonyl (C=O) groups is 1. The molecule has 0 atom stereocenters. The van der Waals surface area contributed by atoms with Crippen LogP contribution in [0.1, 0.15) is 26.4 Å². The van der Waals surface area contributed by atoms with Gasteiger partial charge in [-0.2, -0.15) is 0 Å². The average Bonchev–Trinajstić information content (AvgIpc) is 2.92. The van der Waals surface area contributed by atoms with Gasteiger partial charge in [0.1, 0.15) is 12.4 Å². The van der Waals surface area contributed by atoms with Crippen molar-refractivity contribution in [3.63, 3.8) is 0 Å². The summed E-state index contributed by atoms with van der Waals surface area (Å²) < 4.78 is 13.2. The van der Waals surface area contributed by atoms with Crippen LogP contribution < -0.4 is 5.32 Å². The lowest BCUT2D eigenvalue weighted by Gasteiger charge is -2.05. The highest BCUT2D eigenvalue weighted by molar-refractivity contribution is 7.10. The summed E-state index contributed by atoms with van der Waals surface area (Å²) in [4.78, 5) is 12.9. The Kier molecular flexibility index (Phi) is 5.09. The monoisotopic (exact) mass is 303 g/mol. The van der Waals surface area contributed by atoms with Gasteiger partial charge in [0, 0.05) is 16.0 Å². The highest BCUT2D eigenvalue weighted by Gasteiger charge is 2.09. The predicted molar refractivity (Wildman–Crippen MR) is 80.6 cm³/mol. The number of hydrogen-bond donors (Lipinski definition) is 2. The normalized spacial score (nSPS) is 9.86. The van der Waals surface area contributed by atoms with Gasteiger partial charge in [0.2, 0.25) is 0 Å². The molecule has 0 aliphatic carbocycles. The van der Waals surface area contributed by atoms with E-state index in [0.29, 0.717) is 17.7 Å². The molecule has 1 aromatic heterocycles. The van der Waals surface area contributed by atoms with Gasteiger partial charge in [0.25, 0.3) is 5.91 Å². The van der Waals surface area contributed by atoms with E-state index < -0.39 is 0 Å². The molecular formula is C16H14FNO2S. The Hall–Kier alpha value is -2.16. The fraction of sp³-hybridized carbons (Fsp3) is 0.188. The van der Waals surface area contributed by atoms with Crippen LogP contribution in [0, 0.1) is 24.6 Å². The van der Waals surface area contributed by atoms with E-state index in [2.05, 4.69) is 17.2 Å². The smallest absolute Gasteiger partial charge is 0.251 e. The van der Waals surface area contributed by atoms with Crippen molar-refractivity contribution < 1.29 is 14.3 Å². The number of nitrogens with one attached hydrogen (secondary N) is 1. The molecular weight excluding hydrogens is 289 g/mol. The molecule has 108 valence electrons. The zero-order valence-corrected chi connectivity index (χ0v) is 12.3. The van der Waals surface area contributed by atoms with E-state index in [-0.39, 0.29) is 18.3 Å². The average molecular weight is 303 g/mol. The van der Waals surface area contributed by atoms with Gasteiger partial charge >= 0.3 is 0 Å². The zero-order valence-electron chi connectivity index (χ0n) is 11.4. The molecule has 0 spiro atoms. The van der Waals surface area contributed by atoms with Crippen LogP contribution in [-0.4, -0.2) is 17.6 Å². The first-order chi connectivity index (χ1) is 10.1. The predicted octanol–water partition coefficient (Wildman–Crippen LogP) is 2.47. The first-order valence-corrected chi connectivity index (χ1v) is 7.20. The number of aliphatic hydroxyl groups excluding tert-OH is 1. The first-order valence-electron chi connectivity index (χ1n) is 6.32. The molecule has 0 unspecified atom stereocenters. The molecule has 0 saturated heterocycles. The minimum Gasteiger partial charge on any atom is -0.384 e. The Morgan fingerprint density at radius 2 is 2.24 bits per heavy atom. The Labute approximate surface area is 126 Å². The summed E-state index contributed by atoms with van der Waals surface area (Å²) in [6, 6.07) is 6.11. The highest BCUT2D eigenvalue weighted by Crippen LogP contribution is 2.16. The van der Waals surface area contributed by atoms with Crippen molar-refractivity contribution in [1.82, 2.24) is 5.32 Å². The number of aryl methyl sites for hydroxylation is 1. The topological polar surface area (TPSA) is 49.3 Å². The minimum atomic E-state index is -0.327. The number of thiophene rings is 1. The fourth-order valence-corrected chi connectivity index (χ4v) is 2.54. The molecule has 0 aliphatic heterocycles. The minimum absolute atomic E-state index is 0.198. The molecule has 2 N–H and O–H groups in total. The molecule has 5 heteroatoms. The van der Waals surface area contributed by atoms with Gasteiger partial charge in [-0.3, -0.25) is 4.79 Å². The van der Waals surface area contributed by atoms with Gasteiger partial charge in [0.05, 0.1) is 6.54 Å². The van der Waals surface area contributed by atoms with E-state index in [4.69, 9.17) is 5.11 Å². The second-order valence-electron chi connectivity index (χ2n) is 4.36. The van der Waals surface area contributed by atoms with Crippen LogP contribution in [0.3, 0.4) is 0 Å². The molecule has 0 bridgehead atoms. The van der Waals surface area contributed by atoms with Gasteiger partial charge in [-0.15, -0.1) is 11.3 Å². The van der Waals surface area contributed by atoms with Crippen LogP contribution in [0.25, 0.3) is 0 Å². The third-order valence-electron chi connectivity index (χ3n) is 2.88. The van der Waals surface area contributed by atoms with Crippen molar-refractivity contribution in [2.45, 2.75) is 13.5 Å². The Morgan fingerprint density at radius 1 is 1.43 bits per heavy atom. The van der Waals surface area contributed by atoms with Gasteiger partial charge in [-0.05, 0) is 42.1 Å². The third kappa shape index (κ3) is 3.91. The maximum Gasteiger partial charge on any atom is 0.251 e. The summed E-state index contributed by atoms with van der Waals surface area (Å²) in [5.74, 6) is 4.83. The summed E-state index contributed by atoms with van der Waals surface area (Å²) in [6.45, 7) is 1.77. The molecule has 0 saturated carbocycles. The molecule has 3 nitrogen and oxygen atoms in total. The summed E-state index contributed by atoms with van der Waals surface area (Å²) in [5, 5.41) is 13.4. The maximum absolute atomic E-state index is 13.2. The van der Waals surface area contributed by atoms with Crippen LogP contribution in [0.4, 0.5) is 4.39 Å². The summed E-state index contributed by atoms with van der Waals surface area (Å²) in [6.07, 6.45) is 0. The number of aliphatic hydroxyl groups is 1. The Bertz CT molecular complexity index is 713. The van der Waals surface area contributed by atoms with Gasteiger partial charge in [-0.1, -0.05) is 11.8 Å². The summed E-state index contributed by atoms with van der Waals surface area (Å²) >= 11 is 1.48. The van der Waals surface area contributed by atoms with Crippen LogP contribution in [0.5, 0.6) is 0 Å². The molecule has 0 radical (unpaired) electrons. The lowest BCUT2D eigenvalue weighted by atomic mass is 10.1. The molecule has 0 fully saturated rings. The Balaban J connectivity index is 2.04. The van der Waals surface area contributed by atoms with E-state index in [1.54, 1.807) is 6.92 Å². The van der Waals surface area contributed by atoms with Crippen LogP contribution in [0.2, 0.25) is 0 Å². The van der Waals surface area contributed by atoms with Crippen molar-refractivity contribution in [3.8, 4) is 11.8 Å². The molecule has 1 amide bonds. The first kappa shape index (κ1) is 15.2. The van der Waals surface area contributed by atoms with Crippen LogP contribution >= 0.6 is 11.3 Å². The number of rotatable bonds is 3. The molecule has 2 aromatic rings. The lowest BCUT2D eigenvalue weighted by Crippen LogP contribution is -2.22. The van der Waals surface area contributed by atoms with Crippen molar-refractivity contribution >= 4 is 17.2 Å².